The summed E-state index contributed by atoms with van der Waals surface area (Å²) in [5.41, 5.74) is 3.13. The van der Waals surface area contributed by atoms with Crippen LogP contribution in [0.1, 0.15) is 53.7 Å². The fraction of sp³-hybridized carbons (Fsp3) is 0.333. The number of carbonyl (C=O) groups excluding carboxylic acids is 2. The lowest BCUT2D eigenvalue weighted by Crippen LogP contribution is -2.34. The number of nitrogens with zero attached hydrogens (tertiary/aromatic N) is 1. The van der Waals surface area contributed by atoms with Gasteiger partial charge in [0.1, 0.15) is 5.75 Å². The molecule has 0 radical (unpaired) electrons. The predicted molar refractivity (Wildman–Crippen MR) is 111 cm³/mol. The van der Waals surface area contributed by atoms with E-state index in [1.165, 1.54) is 11.1 Å². The zero-order valence-corrected chi connectivity index (χ0v) is 16.4. The van der Waals surface area contributed by atoms with Gasteiger partial charge in [0.25, 0.3) is 0 Å². The minimum absolute atomic E-state index is 0.000824. The Morgan fingerprint density at radius 2 is 1.89 bits per heavy atom. The number of ether oxygens (including phenoxy) is 1. The Hall–Kier alpha value is -2.88. The Balaban J connectivity index is 1.63. The van der Waals surface area contributed by atoms with Crippen LogP contribution in [-0.4, -0.2) is 29.7 Å². The summed E-state index contributed by atoms with van der Waals surface area (Å²) in [7, 11) is 0. The first-order chi connectivity index (χ1) is 13.6. The summed E-state index contributed by atoms with van der Waals surface area (Å²) in [4.78, 5) is 27.3. The molecule has 0 heterocycles. The molecule has 0 saturated heterocycles. The van der Waals surface area contributed by atoms with Gasteiger partial charge < -0.3 is 9.64 Å². The van der Waals surface area contributed by atoms with E-state index in [1.54, 1.807) is 30.3 Å². The van der Waals surface area contributed by atoms with Crippen molar-refractivity contribution in [2.75, 3.05) is 13.2 Å². The van der Waals surface area contributed by atoms with Crippen molar-refractivity contribution in [3.8, 4) is 5.75 Å². The lowest BCUT2D eigenvalue weighted by Gasteiger charge is -2.29. The Morgan fingerprint density at radius 3 is 2.61 bits per heavy atom. The van der Waals surface area contributed by atoms with Crippen molar-refractivity contribution in [2.45, 2.75) is 38.6 Å². The number of rotatable bonds is 9. The summed E-state index contributed by atoms with van der Waals surface area (Å²) in [6, 6.07) is 15.4. The van der Waals surface area contributed by atoms with Gasteiger partial charge in [-0.3, -0.25) is 9.59 Å². The summed E-state index contributed by atoms with van der Waals surface area (Å²) in [5.74, 6) is 0.717. The molecule has 1 aliphatic carbocycles. The van der Waals surface area contributed by atoms with Crippen LogP contribution in [0, 0.1) is 0 Å². The van der Waals surface area contributed by atoms with Crippen LogP contribution in [0.2, 0.25) is 0 Å². The van der Waals surface area contributed by atoms with Gasteiger partial charge in [-0.2, -0.15) is 0 Å². The standard InChI is InChI=1S/C24H27NO3/c1-3-17-25(22-14-11-18-7-5-6-8-21(18)22)24(27)16-15-23(26)19-9-12-20(13-10-19)28-4-2/h3,5-10,12-13,22H,1,4,11,14-17H2,2H3. The molecule has 2 aromatic rings. The monoisotopic (exact) mass is 377 g/mol. The number of hydrogen-bond donors (Lipinski definition) is 0. The number of hydrogen-bond acceptors (Lipinski definition) is 3. The highest BCUT2D eigenvalue weighted by atomic mass is 16.5. The minimum atomic E-state index is -0.0261. The van der Waals surface area contributed by atoms with Gasteiger partial charge in [-0.05, 0) is 55.2 Å². The van der Waals surface area contributed by atoms with E-state index in [0.717, 1.165) is 18.6 Å². The predicted octanol–water partition coefficient (Wildman–Crippen LogP) is 4.75. The molecule has 4 heteroatoms. The zero-order valence-electron chi connectivity index (χ0n) is 16.4. The highest BCUT2D eigenvalue weighted by Gasteiger charge is 2.30. The van der Waals surface area contributed by atoms with Gasteiger partial charge in [0, 0.05) is 24.9 Å². The molecule has 1 atom stereocenters. The maximum atomic E-state index is 12.9. The van der Waals surface area contributed by atoms with Crippen molar-refractivity contribution in [1.82, 2.24) is 4.90 Å². The Morgan fingerprint density at radius 1 is 1.14 bits per heavy atom. The van der Waals surface area contributed by atoms with Crippen LogP contribution in [0.25, 0.3) is 0 Å². The molecule has 4 nitrogen and oxygen atoms in total. The molecule has 0 bridgehead atoms. The minimum Gasteiger partial charge on any atom is -0.494 e. The molecule has 2 aromatic carbocycles. The van der Waals surface area contributed by atoms with E-state index in [0.29, 0.717) is 18.7 Å². The van der Waals surface area contributed by atoms with E-state index in [4.69, 9.17) is 4.74 Å². The third kappa shape index (κ3) is 4.50. The van der Waals surface area contributed by atoms with E-state index < -0.39 is 0 Å². The lowest BCUT2D eigenvalue weighted by molar-refractivity contribution is -0.133. The highest BCUT2D eigenvalue weighted by Crippen LogP contribution is 2.36. The summed E-state index contributed by atoms with van der Waals surface area (Å²) in [6.07, 6.45) is 4.07. The fourth-order valence-corrected chi connectivity index (χ4v) is 3.81. The Bertz CT molecular complexity index is 841. The molecule has 1 amide bonds. The SMILES string of the molecule is C=CCN(C(=O)CCC(=O)c1ccc(OCC)cc1)C1CCc2ccccc21. The maximum absolute atomic E-state index is 12.9. The van der Waals surface area contributed by atoms with Crippen LogP contribution in [0.3, 0.4) is 0 Å². The van der Waals surface area contributed by atoms with Crippen molar-refractivity contribution in [1.29, 1.82) is 0 Å². The largest absolute Gasteiger partial charge is 0.494 e. The number of aryl methyl sites for hydroxylation is 1. The van der Waals surface area contributed by atoms with Crippen molar-refractivity contribution < 1.29 is 14.3 Å². The molecule has 0 aromatic heterocycles. The first-order valence-corrected chi connectivity index (χ1v) is 9.88. The fourth-order valence-electron chi connectivity index (χ4n) is 3.81. The van der Waals surface area contributed by atoms with Crippen LogP contribution in [0.15, 0.2) is 61.2 Å². The second kappa shape index (κ2) is 9.36. The Kier molecular flexibility index (Phi) is 6.64. The van der Waals surface area contributed by atoms with E-state index >= 15 is 0 Å². The van der Waals surface area contributed by atoms with Gasteiger partial charge in [0.05, 0.1) is 12.6 Å². The second-order valence-electron chi connectivity index (χ2n) is 6.97. The third-order valence-electron chi connectivity index (χ3n) is 5.18. The number of amides is 1. The molecule has 146 valence electrons. The van der Waals surface area contributed by atoms with Crippen LogP contribution >= 0.6 is 0 Å². The first-order valence-electron chi connectivity index (χ1n) is 9.88. The number of fused-ring (bicyclic) bond motifs is 1. The van der Waals surface area contributed by atoms with Gasteiger partial charge in [-0.25, -0.2) is 0 Å². The Labute approximate surface area is 166 Å². The quantitative estimate of drug-likeness (QED) is 0.468. The number of carbonyl (C=O) groups is 2. The highest BCUT2D eigenvalue weighted by molar-refractivity contribution is 5.98. The normalized spacial score (nSPS) is 15.0. The molecule has 28 heavy (non-hydrogen) atoms. The molecular formula is C24H27NO3. The molecule has 0 N–H and O–H groups in total. The van der Waals surface area contributed by atoms with Gasteiger partial charge in [-0.15, -0.1) is 6.58 Å². The van der Waals surface area contributed by atoms with Crippen LogP contribution in [0.4, 0.5) is 0 Å². The number of benzene rings is 2. The molecule has 3 rings (SSSR count). The molecule has 0 saturated carbocycles. The van der Waals surface area contributed by atoms with Gasteiger partial charge >= 0.3 is 0 Å². The topological polar surface area (TPSA) is 46.6 Å². The van der Waals surface area contributed by atoms with Gasteiger partial charge in [-0.1, -0.05) is 30.3 Å². The van der Waals surface area contributed by atoms with E-state index in [9.17, 15) is 9.59 Å². The molecule has 1 unspecified atom stereocenters. The van der Waals surface area contributed by atoms with Crippen LogP contribution in [-0.2, 0) is 11.2 Å². The summed E-state index contributed by atoms with van der Waals surface area (Å²) < 4.78 is 5.40. The van der Waals surface area contributed by atoms with Crippen molar-refractivity contribution in [2.24, 2.45) is 0 Å². The van der Waals surface area contributed by atoms with E-state index in [2.05, 4.69) is 18.7 Å². The van der Waals surface area contributed by atoms with Crippen molar-refractivity contribution in [3.63, 3.8) is 0 Å². The van der Waals surface area contributed by atoms with Crippen molar-refractivity contribution >= 4 is 11.7 Å². The molecule has 1 aliphatic rings. The average Bonchev–Trinajstić information content (AvgIpc) is 3.14. The van der Waals surface area contributed by atoms with Gasteiger partial charge in [0.2, 0.25) is 5.91 Å². The second-order valence-corrected chi connectivity index (χ2v) is 6.97. The van der Waals surface area contributed by atoms with Gasteiger partial charge in [0.15, 0.2) is 5.78 Å². The summed E-state index contributed by atoms with van der Waals surface area (Å²) in [5, 5.41) is 0. The molecular weight excluding hydrogens is 350 g/mol. The number of Topliss-reactive ketones (excluding diaryl/α,β-unsaturated/α-hetero) is 1. The molecule has 0 spiro atoms. The number of ketones is 1. The maximum Gasteiger partial charge on any atom is 0.223 e. The summed E-state index contributed by atoms with van der Waals surface area (Å²) >= 11 is 0. The zero-order chi connectivity index (χ0) is 19.9. The summed E-state index contributed by atoms with van der Waals surface area (Å²) in [6.45, 7) is 6.81. The van der Waals surface area contributed by atoms with Crippen molar-refractivity contribution in [3.05, 3.63) is 77.9 Å². The van der Waals surface area contributed by atoms with E-state index in [-0.39, 0.29) is 30.6 Å². The average molecular weight is 377 g/mol. The smallest absolute Gasteiger partial charge is 0.223 e. The molecule has 0 fully saturated rings. The first kappa shape index (κ1) is 19.9. The third-order valence-corrected chi connectivity index (χ3v) is 5.18. The van der Waals surface area contributed by atoms with Crippen LogP contribution in [0.5, 0.6) is 5.75 Å². The van der Waals surface area contributed by atoms with Crippen LogP contribution < -0.4 is 4.74 Å². The molecule has 0 aliphatic heterocycles. The van der Waals surface area contributed by atoms with E-state index in [1.807, 2.05) is 24.0 Å². The lowest BCUT2D eigenvalue weighted by atomic mass is 10.0.